The van der Waals surface area contributed by atoms with Crippen LogP contribution in [-0.2, 0) is 0 Å². The van der Waals surface area contributed by atoms with E-state index in [4.69, 9.17) is 4.74 Å². The van der Waals surface area contributed by atoms with E-state index < -0.39 is 0 Å². The zero-order valence-corrected chi connectivity index (χ0v) is 12.4. The van der Waals surface area contributed by atoms with Crippen molar-refractivity contribution in [1.29, 1.82) is 0 Å². The first-order valence-electron chi connectivity index (χ1n) is 6.63. The van der Waals surface area contributed by atoms with Gasteiger partial charge in [-0.2, -0.15) is 0 Å². The van der Waals surface area contributed by atoms with Crippen molar-refractivity contribution in [2.24, 2.45) is 0 Å². The third-order valence-corrected chi connectivity index (χ3v) is 4.13. The van der Waals surface area contributed by atoms with E-state index in [0.717, 1.165) is 11.5 Å². The topological polar surface area (TPSA) is 9.23 Å². The molecule has 0 bridgehead atoms. The third kappa shape index (κ3) is 2.75. The number of benzene rings is 2. The molecule has 0 spiro atoms. The number of hydrogen-bond acceptors (Lipinski definition) is 2. The predicted molar refractivity (Wildman–Crippen MR) is 85.7 cm³/mol. The lowest BCUT2D eigenvalue weighted by Crippen LogP contribution is -1.84. The lowest BCUT2D eigenvalue weighted by atomic mass is 10.1. The Hall–Kier alpha value is -2.06. The number of thiophene rings is 1. The van der Waals surface area contributed by atoms with E-state index in [2.05, 4.69) is 56.3 Å². The molecule has 0 fully saturated rings. The lowest BCUT2D eigenvalue weighted by Gasteiger charge is -2.06. The van der Waals surface area contributed by atoms with Gasteiger partial charge in [0.15, 0.2) is 0 Å². The Labute approximate surface area is 123 Å². The Morgan fingerprint density at radius 2 is 1.45 bits per heavy atom. The zero-order valence-electron chi connectivity index (χ0n) is 11.6. The summed E-state index contributed by atoms with van der Waals surface area (Å²) in [5.74, 6) is 1.84. The summed E-state index contributed by atoms with van der Waals surface area (Å²) in [6, 6.07) is 20.7. The SMILES string of the molecule is Cc1cc(Oc2ccc(-c3ccccc3)cc2)c(C)s1. The zero-order chi connectivity index (χ0) is 13.9. The Morgan fingerprint density at radius 1 is 0.800 bits per heavy atom. The maximum Gasteiger partial charge on any atom is 0.141 e. The van der Waals surface area contributed by atoms with Crippen molar-refractivity contribution in [3.63, 3.8) is 0 Å². The fraction of sp³-hybridized carbons (Fsp3) is 0.111. The van der Waals surface area contributed by atoms with Crippen molar-refractivity contribution in [1.82, 2.24) is 0 Å². The smallest absolute Gasteiger partial charge is 0.141 e. The summed E-state index contributed by atoms with van der Waals surface area (Å²) in [4.78, 5) is 2.49. The fourth-order valence-corrected chi connectivity index (χ4v) is 3.03. The Balaban J connectivity index is 1.82. The van der Waals surface area contributed by atoms with Gasteiger partial charge in [0.2, 0.25) is 0 Å². The highest BCUT2D eigenvalue weighted by Crippen LogP contribution is 2.32. The second kappa shape index (κ2) is 5.51. The Kier molecular flexibility index (Phi) is 3.57. The molecular weight excluding hydrogens is 264 g/mol. The minimum absolute atomic E-state index is 0.880. The molecule has 0 unspecified atom stereocenters. The van der Waals surface area contributed by atoms with Crippen LogP contribution >= 0.6 is 11.3 Å². The molecule has 0 N–H and O–H groups in total. The van der Waals surface area contributed by atoms with Crippen LogP contribution in [-0.4, -0.2) is 0 Å². The molecule has 100 valence electrons. The first kappa shape index (κ1) is 12.9. The molecular formula is C18H16OS. The second-order valence-corrected chi connectivity index (χ2v) is 6.23. The molecule has 2 aromatic carbocycles. The first-order chi connectivity index (χ1) is 9.72. The van der Waals surface area contributed by atoms with Crippen LogP contribution in [0.2, 0.25) is 0 Å². The van der Waals surface area contributed by atoms with E-state index in [1.807, 2.05) is 18.2 Å². The van der Waals surface area contributed by atoms with Gasteiger partial charge in [0.05, 0.1) is 0 Å². The molecule has 0 atom stereocenters. The summed E-state index contributed by atoms with van der Waals surface area (Å²) in [6.45, 7) is 4.19. The van der Waals surface area contributed by atoms with Gasteiger partial charge < -0.3 is 4.74 Å². The Bertz CT molecular complexity index is 696. The summed E-state index contributed by atoms with van der Waals surface area (Å²) in [7, 11) is 0. The number of rotatable bonds is 3. The van der Waals surface area contributed by atoms with E-state index in [1.54, 1.807) is 11.3 Å². The van der Waals surface area contributed by atoms with Gasteiger partial charge in [0.25, 0.3) is 0 Å². The van der Waals surface area contributed by atoms with Crippen molar-refractivity contribution in [2.75, 3.05) is 0 Å². The van der Waals surface area contributed by atoms with E-state index >= 15 is 0 Å². The summed E-state index contributed by atoms with van der Waals surface area (Å²) in [5, 5.41) is 0. The van der Waals surface area contributed by atoms with Crippen LogP contribution in [0.15, 0.2) is 60.7 Å². The van der Waals surface area contributed by atoms with Gasteiger partial charge in [-0.05, 0) is 43.2 Å². The molecule has 0 saturated carbocycles. The molecule has 20 heavy (non-hydrogen) atoms. The molecule has 0 radical (unpaired) electrons. The predicted octanol–water partition coefficient (Wildman–Crippen LogP) is 5.82. The highest BCUT2D eigenvalue weighted by atomic mass is 32.1. The van der Waals surface area contributed by atoms with Gasteiger partial charge in [-0.3, -0.25) is 0 Å². The monoisotopic (exact) mass is 280 g/mol. The molecule has 2 heteroatoms. The maximum absolute atomic E-state index is 5.93. The molecule has 0 amide bonds. The number of ether oxygens (including phenoxy) is 1. The molecule has 0 saturated heterocycles. The summed E-state index contributed by atoms with van der Waals surface area (Å²) in [6.07, 6.45) is 0. The normalized spacial score (nSPS) is 10.5. The number of hydrogen-bond donors (Lipinski definition) is 0. The van der Waals surface area contributed by atoms with Crippen molar-refractivity contribution >= 4 is 11.3 Å². The molecule has 1 aromatic heterocycles. The van der Waals surface area contributed by atoms with Crippen LogP contribution in [0.25, 0.3) is 11.1 Å². The summed E-state index contributed by atoms with van der Waals surface area (Å²) >= 11 is 1.76. The van der Waals surface area contributed by atoms with Crippen LogP contribution in [0.1, 0.15) is 9.75 Å². The van der Waals surface area contributed by atoms with Crippen LogP contribution in [0.4, 0.5) is 0 Å². The van der Waals surface area contributed by atoms with Gasteiger partial charge in [0.1, 0.15) is 11.5 Å². The highest BCUT2D eigenvalue weighted by molar-refractivity contribution is 7.12. The minimum Gasteiger partial charge on any atom is -0.456 e. The van der Waals surface area contributed by atoms with Gasteiger partial charge in [-0.25, -0.2) is 0 Å². The first-order valence-corrected chi connectivity index (χ1v) is 7.44. The molecule has 3 aromatic rings. The molecule has 3 rings (SSSR count). The fourth-order valence-electron chi connectivity index (χ4n) is 2.18. The van der Waals surface area contributed by atoms with Crippen molar-refractivity contribution in [2.45, 2.75) is 13.8 Å². The van der Waals surface area contributed by atoms with Gasteiger partial charge in [0, 0.05) is 9.75 Å². The quantitative estimate of drug-likeness (QED) is 0.587. The van der Waals surface area contributed by atoms with Crippen LogP contribution in [0.5, 0.6) is 11.5 Å². The molecule has 0 aliphatic carbocycles. The molecule has 0 aliphatic heterocycles. The summed E-state index contributed by atoms with van der Waals surface area (Å²) < 4.78 is 5.93. The highest BCUT2D eigenvalue weighted by Gasteiger charge is 2.05. The average molecular weight is 280 g/mol. The second-order valence-electron chi connectivity index (χ2n) is 4.77. The van der Waals surface area contributed by atoms with Crippen molar-refractivity contribution < 1.29 is 4.74 Å². The largest absolute Gasteiger partial charge is 0.456 e. The van der Waals surface area contributed by atoms with Crippen molar-refractivity contribution in [3.8, 4) is 22.6 Å². The van der Waals surface area contributed by atoms with E-state index in [0.29, 0.717) is 0 Å². The van der Waals surface area contributed by atoms with Crippen LogP contribution in [0.3, 0.4) is 0 Å². The lowest BCUT2D eigenvalue weighted by molar-refractivity contribution is 0.481. The summed E-state index contributed by atoms with van der Waals surface area (Å²) in [5.41, 5.74) is 2.43. The third-order valence-electron chi connectivity index (χ3n) is 3.18. The van der Waals surface area contributed by atoms with Crippen molar-refractivity contribution in [3.05, 3.63) is 70.4 Å². The van der Waals surface area contributed by atoms with Gasteiger partial charge in [-0.1, -0.05) is 42.5 Å². The standard InChI is InChI=1S/C18H16OS/c1-13-12-18(14(2)20-13)19-17-10-8-16(9-11-17)15-6-4-3-5-7-15/h3-12H,1-2H3. The maximum atomic E-state index is 5.93. The van der Waals surface area contributed by atoms with E-state index in [1.165, 1.54) is 20.9 Å². The molecule has 0 aliphatic rings. The minimum atomic E-state index is 0.880. The molecule has 1 heterocycles. The molecule has 1 nitrogen and oxygen atoms in total. The average Bonchev–Trinajstić information content (AvgIpc) is 2.79. The number of aryl methyl sites for hydroxylation is 2. The van der Waals surface area contributed by atoms with Crippen LogP contribution in [0, 0.1) is 13.8 Å². The van der Waals surface area contributed by atoms with Crippen LogP contribution < -0.4 is 4.74 Å². The van der Waals surface area contributed by atoms with E-state index in [9.17, 15) is 0 Å². The van der Waals surface area contributed by atoms with E-state index in [-0.39, 0.29) is 0 Å². The Morgan fingerprint density at radius 3 is 2.05 bits per heavy atom. The van der Waals surface area contributed by atoms with Gasteiger partial charge >= 0.3 is 0 Å². The van der Waals surface area contributed by atoms with Gasteiger partial charge in [-0.15, -0.1) is 11.3 Å².